The number of benzene rings is 1. The van der Waals surface area contributed by atoms with Gasteiger partial charge in [-0.2, -0.15) is 0 Å². The summed E-state index contributed by atoms with van der Waals surface area (Å²) in [6.07, 6.45) is 0. The maximum Gasteiger partial charge on any atom is 0.119 e. The van der Waals surface area contributed by atoms with Crippen molar-refractivity contribution < 1.29 is 4.74 Å². The van der Waals surface area contributed by atoms with Gasteiger partial charge in [-0.15, -0.1) is 0 Å². The first-order valence-electron chi connectivity index (χ1n) is 7.85. The van der Waals surface area contributed by atoms with E-state index in [-0.39, 0.29) is 10.8 Å². The highest BCUT2D eigenvalue weighted by Gasteiger charge is 2.25. The van der Waals surface area contributed by atoms with E-state index < -0.39 is 0 Å². The largest absolute Gasteiger partial charge is 0.497 e. The zero-order valence-corrected chi connectivity index (χ0v) is 16.1. The summed E-state index contributed by atoms with van der Waals surface area (Å²) in [5.41, 5.74) is 3.60. The van der Waals surface area contributed by atoms with E-state index in [9.17, 15) is 0 Å². The molecule has 1 rings (SSSR count). The lowest BCUT2D eigenvalue weighted by Crippen LogP contribution is -2.21. The minimum atomic E-state index is 0.150. The molecule has 0 amide bonds. The second-order valence-electron chi connectivity index (χ2n) is 9.41. The third-order valence-corrected chi connectivity index (χ3v) is 2.84. The molecular formula is C20H36O. The molecule has 0 radical (unpaired) electrons. The molecule has 0 N–H and O–H groups in total. The fraction of sp³-hybridized carbons (Fsp3) is 0.700. The quantitative estimate of drug-likeness (QED) is 0.586. The van der Waals surface area contributed by atoms with E-state index in [2.05, 4.69) is 87.4 Å². The van der Waals surface area contributed by atoms with Gasteiger partial charge in [0.05, 0.1) is 7.11 Å². The molecule has 0 atom stereocenters. The summed E-state index contributed by atoms with van der Waals surface area (Å²) in [4.78, 5) is 0. The molecule has 0 aliphatic carbocycles. The lowest BCUT2D eigenvalue weighted by molar-refractivity contribution is 0.411. The van der Waals surface area contributed by atoms with E-state index in [0.717, 1.165) is 5.75 Å². The van der Waals surface area contributed by atoms with Crippen molar-refractivity contribution in [2.75, 3.05) is 7.11 Å². The van der Waals surface area contributed by atoms with Gasteiger partial charge in [0.1, 0.15) is 5.75 Å². The normalized spacial score (nSPS) is 12.5. The zero-order valence-electron chi connectivity index (χ0n) is 16.1. The molecule has 1 aromatic carbocycles. The van der Waals surface area contributed by atoms with Gasteiger partial charge < -0.3 is 4.74 Å². The monoisotopic (exact) mass is 292 g/mol. The van der Waals surface area contributed by atoms with E-state index in [0.29, 0.717) is 5.41 Å². The van der Waals surface area contributed by atoms with Crippen molar-refractivity contribution in [2.24, 2.45) is 5.41 Å². The van der Waals surface area contributed by atoms with Crippen LogP contribution >= 0.6 is 0 Å². The van der Waals surface area contributed by atoms with Crippen LogP contribution in [-0.2, 0) is 10.8 Å². The summed E-state index contributed by atoms with van der Waals surface area (Å²) in [6.45, 7) is 22.3. The second kappa shape index (κ2) is 6.85. The second-order valence-corrected chi connectivity index (χ2v) is 9.41. The molecule has 21 heavy (non-hydrogen) atoms. The number of hydrogen-bond donors (Lipinski definition) is 0. The van der Waals surface area contributed by atoms with Crippen molar-refractivity contribution >= 4 is 0 Å². The van der Waals surface area contributed by atoms with Gasteiger partial charge in [0.15, 0.2) is 0 Å². The summed E-state index contributed by atoms with van der Waals surface area (Å²) in [5, 5.41) is 0. The summed E-state index contributed by atoms with van der Waals surface area (Å²) in [6, 6.07) is 6.41. The third-order valence-electron chi connectivity index (χ3n) is 2.84. The van der Waals surface area contributed by atoms with Crippen LogP contribution in [0.3, 0.4) is 0 Å². The predicted octanol–water partition coefficient (Wildman–Crippen LogP) is 6.34. The highest BCUT2D eigenvalue weighted by Crippen LogP contribution is 2.35. The Balaban J connectivity index is 0.000000690. The standard InChI is InChI=1S/C15H24O.C5H12/c1-14(2,3)12-9-8-11(16-7)10-13(12)15(4,5)6;1-5(2,3)4/h8-10H,1-7H3;1-4H3. The van der Waals surface area contributed by atoms with Gasteiger partial charge in [0.25, 0.3) is 0 Å². The van der Waals surface area contributed by atoms with Gasteiger partial charge >= 0.3 is 0 Å². The van der Waals surface area contributed by atoms with Gasteiger partial charge in [0.2, 0.25) is 0 Å². The highest BCUT2D eigenvalue weighted by atomic mass is 16.5. The first-order valence-corrected chi connectivity index (χ1v) is 7.85. The summed E-state index contributed by atoms with van der Waals surface area (Å²) in [7, 11) is 1.72. The molecule has 0 spiro atoms. The lowest BCUT2D eigenvalue weighted by atomic mass is 9.75. The first kappa shape index (κ1) is 20.0. The lowest BCUT2D eigenvalue weighted by Gasteiger charge is -2.30. The first-order chi connectivity index (χ1) is 9.16. The average molecular weight is 293 g/mol. The Bertz CT molecular complexity index is 430. The van der Waals surface area contributed by atoms with Gasteiger partial charge in [-0.05, 0) is 39.5 Å². The fourth-order valence-electron chi connectivity index (χ4n) is 1.92. The number of hydrogen-bond acceptors (Lipinski definition) is 1. The van der Waals surface area contributed by atoms with Crippen molar-refractivity contribution in [3.63, 3.8) is 0 Å². The maximum absolute atomic E-state index is 5.32. The van der Waals surface area contributed by atoms with Crippen molar-refractivity contribution in [3.05, 3.63) is 29.3 Å². The molecule has 1 nitrogen and oxygen atoms in total. The molecule has 1 heteroatoms. The molecule has 0 bridgehead atoms. The molecule has 0 heterocycles. The van der Waals surface area contributed by atoms with Crippen LogP contribution in [0.1, 0.15) is 80.4 Å². The van der Waals surface area contributed by atoms with Crippen LogP contribution in [0.4, 0.5) is 0 Å². The van der Waals surface area contributed by atoms with Gasteiger partial charge in [0, 0.05) is 0 Å². The Morgan fingerprint density at radius 1 is 0.667 bits per heavy atom. The molecular weight excluding hydrogens is 256 g/mol. The number of rotatable bonds is 1. The molecule has 1 aromatic rings. The van der Waals surface area contributed by atoms with Crippen LogP contribution in [0.25, 0.3) is 0 Å². The van der Waals surface area contributed by atoms with Crippen molar-refractivity contribution in [3.8, 4) is 5.75 Å². The molecule has 0 aromatic heterocycles. The number of methoxy groups -OCH3 is 1. The molecule has 0 aliphatic heterocycles. The molecule has 122 valence electrons. The van der Waals surface area contributed by atoms with Crippen LogP contribution in [-0.4, -0.2) is 7.11 Å². The average Bonchev–Trinajstić information content (AvgIpc) is 2.23. The minimum absolute atomic E-state index is 0.150. The Labute approximate surface area is 133 Å². The van der Waals surface area contributed by atoms with Crippen LogP contribution in [0.15, 0.2) is 18.2 Å². The Hall–Kier alpha value is -0.980. The Kier molecular flexibility index (Phi) is 6.53. The topological polar surface area (TPSA) is 9.23 Å². The molecule has 0 saturated heterocycles. The highest BCUT2D eigenvalue weighted by molar-refractivity contribution is 5.42. The van der Waals surface area contributed by atoms with E-state index in [4.69, 9.17) is 4.74 Å². The summed E-state index contributed by atoms with van der Waals surface area (Å²) in [5.74, 6) is 0.943. The van der Waals surface area contributed by atoms with Crippen LogP contribution in [0.5, 0.6) is 5.75 Å². The van der Waals surface area contributed by atoms with E-state index in [1.54, 1.807) is 7.11 Å². The van der Waals surface area contributed by atoms with Gasteiger partial charge in [-0.1, -0.05) is 75.3 Å². The molecule has 0 unspecified atom stereocenters. The molecule has 0 aliphatic rings. The van der Waals surface area contributed by atoms with Crippen molar-refractivity contribution in [2.45, 2.75) is 80.1 Å². The maximum atomic E-state index is 5.32. The minimum Gasteiger partial charge on any atom is -0.497 e. The van der Waals surface area contributed by atoms with Crippen LogP contribution in [0, 0.1) is 5.41 Å². The van der Waals surface area contributed by atoms with Crippen molar-refractivity contribution in [1.29, 1.82) is 0 Å². The van der Waals surface area contributed by atoms with E-state index in [1.807, 2.05) is 0 Å². The SMILES string of the molecule is CC(C)(C)C.COc1ccc(C(C)(C)C)c(C(C)(C)C)c1. The fourth-order valence-corrected chi connectivity index (χ4v) is 1.92. The number of ether oxygens (including phenoxy) is 1. The molecule has 0 fully saturated rings. The summed E-state index contributed by atoms with van der Waals surface area (Å²) >= 11 is 0. The third kappa shape index (κ3) is 8.14. The molecule has 0 saturated carbocycles. The Morgan fingerprint density at radius 2 is 1.05 bits per heavy atom. The van der Waals surface area contributed by atoms with Crippen LogP contribution < -0.4 is 4.74 Å². The summed E-state index contributed by atoms with van der Waals surface area (Å²) < 4.78 is 5.32. The smallest absolute Gasteiger partial charge is 0.119 e. The predicted molar refractivity (Wildman–Crippen MR) is 95.5 cm³/mol. The van der Waals surface area contributed by atoms with Gasteiger partial charge in [-0.25, -0.2) is 0 Å². The van der Waals surface area contributed by atoms with E-state index >= 15 is 0 Å². The van der Waals surface area contributed by atoms with Gasteiger partial charge in [-0.3, -0.25) is 0 Å². The van der Waals surface area contributed by atoms with Crippen molar-refractivity contribution in [1.82, 2.24) is 0 Å². The van der Waals surface area contributed by atoms with Crippen LogP contribution in [0.2, 0.25) is 0 Å². The zero-order chi connectivity index (χ0) is 17.1. The Morgan fingerprint density at radius 3 is 1.33 bits per heavy atom. The van der Waals surface area contributed by atoms with E-state index in [1.165, 1.54) is 11.1 Å².